The fraction of sp³-hybridized carbons (Fsp3) is 0.571. The molecular weight excluding hydrogens is 366 g/mol. The zero-order valence-corrected chi connectivity index (χ0v) is 20.3. The summed E-state index contributed by atoms with van der Waals surface area (Å²) >= 11 is 0. The highest BCUT2D eigenvalue weighted by atomic mass is 16.5. The molecule has 0 aliphatic rings. The van der Waals surface area contributed by atoms with Gasteiger partial charge in [-0.15, -0.1) is 6.58 Å². The Hall–Kier alpha value is -1.80. The molecular formula is C28H45NO. The molecule has 0 amide bonds. The van der Waals surface area contributed by atoms with Gasteiger partial charge in [0.2, 0.25) is 0 Å². The minimum atomic E-state index is 0.0202. The van der Waals surface area contributed by atoms with E-state index in [9.17, 15) is 0 Å². The van der Waals surface area contributed by atoms with E-state index < -0.39 is 0 Å². The Bertz CT molecular complexity index is 635. The molecule has 0 spiro atoms. The highest BCUT2D eigenvalue weighted by molar-refractivity contribution is 5.52. The van der Waals surface area contributed by atoms with E-state index in [-0.39, 0.29) is 5.41 Å². The second kappa shape index (κ2) is 15.1. The lowest BCUT2D eigenvalue weighted by Gasteiger charge is -2.20. The average Bonchev–Trinajstić information content (AvgIpc) is 2.75. The first-order chi connectivity index (χ1) is 14.4. The average molecular weight is 412 g/mol. The van der Waals surface area contributed by atoms with Crippen molar-refractivity contribution in [1.82, 2.24) is 4.90 Å². The predicted octanol–water partition coefficient (Wildman–Crippen LogP) is 7.92. The van der Waals surface area contributed by atoms with E-state index in [1.165, 1.54) is 36.9 Å². The number of unbranched alkanes of at least 4 members (excludes halogenated alkanes) is 3. The fourth-order valence-corrected chi connectivity index (χ4v) is 3.41. The summed E-state index contributed by atoms with van der Waals surface area (Å²) in [4.78, 5) is 2.49. The van der Waals surface area contributed by atoms with Gasteiger partial charge < -0.3 is 9.64 Å². The predicted molar refractivity (Wildman–Crippen MR) is 134 cm³/mol. The summed E-state index contributed by atoms with van der Waals surface area (Å²) in [5.41, 5.74) is 2.60. The van der Waals surface area contributed by atoms with Crippen LogP contribution in [0, 0.1) is 5.41 Å². The number of allylic oxidation sites excluding steroid dienone is 4. The minimum absolute atomic E-state index is 0.0202. The molecule has 30 heavy (non-hydrogen) atoms. The molecule has 0 aromatic heterocycles. The molecule has 1 atom stereocenters. The van der Waals surface area contributed by atoms with E-state index in [4.69, 9.17) is 4.74 Å². The van der Waals surface area contributed by atoms with Gasteiger partial charge in [0.05, 0.1) is 6.61 Å². The summed E-state index contributed by atoms with van der Waals surface area (Å²) in [6.07, 6.45) is 15.9. The quantitative estimate of drug-likeness (QED) is 0.202. The van der Waals surface area contributed by atoms with E-state index in [2.05, 4.69) is 94.7 Å². The monoisotopic (exact) mass is 411 g/mol. The SMILES string of the molecule is C=C[C@@](C)(/C=C/c1ccc(OCCCCCCN(CC)CC)cc1)CCC=C(C)C. The van der Waals surface area contributed by atoms with Crippen molar-refractivity contribution in [2.75, 3.05) is 26.2 Å². The highest BCUT2D eigenvalue weighted by Crippen LogP contribution is 2.28. The third-order valence-electron chi connectivity index (χ3n) is 5.77. The zero-order valence-electron chi connectivity index (χ0n) is 20.3. The van der Waals surface area contributed by atoms with Gasteiger partial charge >= 0.3 is 0 Å². The summed E-state index contributed by atoms with van der Waals surface area (Å²) in [7, 11) is 0. The first kappa shape index (κ1) is 26.2. The topological polar surface area (TPSA) is 12.5 Å². The minimum Gasteiger partial charge on any atom is -0.494 e. The Kier molecular flexibility index (Phi) is 13.2. The molecule has 1 rings (SSSR count). The lowest BCUT2D eigenvalue weighted by Crippen LogP contribution is -2.23. The molecule has 0 N–H and O–H groups in total. The molecule has 0 radical (unpaired) electrons. The molecule has 0 saturated carbocycles. The molecule has 0 saturated heterocycles. The van der Waals surface area contributed by atoms with E-state index >= 15 is 0 Å². The van der Waals surface area contributed by atoms with Crippen LogP contribution < -0.4 is 4.74 Å². The van der Waals surface area contributed by atoms with Crippen LogP contribution in [0.25, 0.3) is 6.08 Å². The van der Waals surface area contributed by atoms with E-state index in [1.54, 1.807) is 0 Å². The first-order valence-electron chi connectivity index (χ1n) is 11.8. The Labute approximate surface area is 186 Å². The van der Waals surface area contributed by atoms with Crippen LogP contribution in [-0.4, -0.2) is 31.1 Å². The molecule has 2 heteroatoms. The molecule has 0 heterocycles. The molecule has 1 aromatic carbocycles. The van der Waals surface area contributed by atoms with E-state index in [1.807, 2.05) is 0 Å². The van der Waals surface area contributed by atoms with Crippen LogP contribution in [0.5, 0.6) is 5.75 Å². The second-order valence-electron chi connectivity index (χ2n) is 8.72. The van der Waals surface area contributed by atoms with Crippen LogP contribution in [0.3, 0.4) is 0 Å². The summed E-state index contributed by atoms with van der Waals surface area (Å²) < 4.78 is 5.92. The fourth-order valence-electron chi connectivity index (χ4n) is 3.41. The molecule has 0 bridgehead atoms. The van der Waals surface area contributed by atoms with Gasteiger partial charge in [-0.2, -0.15) is 0 Å². The van der Waals surface area contributed by atoms with Crippen LogP contribution in [0.1, 0.15) is 78.7 Å². The van der Waals surface area contributed by atoms with Crippen LogP contribution in [0.15, 0.2) is 54.6 Å². The van der Waals surface area contributed by atoms with Gasteiger partial charge in [0.25, 0.3) is 0 Å². The van der Waals surface area contributed by atoms with Gasteiger partial charge in [-0.05, 0) is 76.9 Å². The standard InChI is InChI=1S/C28H45NO/c1-7-28(6,21-14-15-25(4)5)22-20-26-16-18-27(19-17-26)30-24-13-11-10-12-23-29(8-2)9-3/h7,15-20,22H,1,8-14,21,23-24H2,2-6H3/b22-20+/t28-/m1/s1. The van der Waals surface area contributed by atoms with Crippen molar-refractivity contribution < 1.29 is 4.74 Å². The van der Waals surface area contributed by atoms with Crippen molar-refractivity contribution in [3.05, 3.63) is 60.2 Å². The van der Waals surface area contributed by atoms with E-state index in [0.29, 0.717) is 0 Å². The van der Waals surface area contributed by atoms with Gasteiger partial charge in [0.15, 0.2) is 0 Å². The van der Waals surface area contributed by atoms with Crippen LogP contribution in [0.2, 0.25) is 0 Å². The Morgan fingerprint density at radius 3 is 2.30 bits per heavy atom. The number of ether oxygens (including phenoxy) is 1. The van der Waals surface area contributed by atoms with Crippen molar-refractivity contribution >= 4 is 6.08 Å². The van der Waals surface area contributed by atoms with Crippen LogP contribution >= 0.6 is 0 Å². The smallest absolute Gasteiger partial charge is 0.119 e. The molecule has 168 valence electrons. The summed E-state index contributed by atoms with van der Waals surface area (Å²) in [5, 5.41) is 0. The van der Waals surface area contributed by atoms with Crippen LogP contribution in [-0.2, 0) is 0 Å². The Balaban J connectivity index is 2.34. The number of rotatable bonds is 16. The van der Waals surface area contributed by atoms with Crippen LogP contribution in [0.4, 0.5) is 0 Å². The van der Waals surface area contributed by atoms with Crippen molar-refractivity contribution in [3.8, 4) is 5.75 Å². The molecule has 2 nitrogen and oxygen atoms in total. The molecule has 0 aliphatic carbocycles. The largest absolute Gasteiger partial charge is 0.494 e. The van der Waals surface area contributed by atoms with Crippen molar-refractivity contribution in [2.24, 2.45) is 5.41 Å². The number of hydrogen-bond acceptors (Lipinski definition) is 2. The van der Waals surface area contributed by atoms with Gasteiger partial charge in [-0.1, -0.05) is 75.6 Å². The summed E-state index contributed by atoms with van der Waals surface area (Å²) in [5.74, 6) is 0.963. The third kappa shape index (κ3) is 11.4. The van der Waals surface area contributed by atoms with E-state index in [0.717, 1.165) is 44.7 Å². The normalized spacial score (nSPS) is 13.4. The maximum atomic E-state index is 5.92. The maximum Gasteiger partial charge on any atom is 0.119 e. The van der Waals surface area contributed by atoms with Gasteiger partial charge in [-0.25, -0.2) is 0 Å². The first-order valence-corrected chi connectivity index (χ1v) is 11.8. The molecule has 1 aromatic rings. The van der Waals surface area contributed by atoms with Gasteiger partial charge in [0, 0.05) is 5.41 Å². The van der Waals surface area contributed by atoms with Gasteiger partial charge in [0.1, 0.15) is 5.75 Å². The number of benzene rings is 1. The Morgan fingerprint density at radius 2 is 1.70 bits per heavy atom. The molecule has 0 aliphatic heterocycles. The van der Waals surface area contributed by atoms with Crippen molar-refractivity contribution in [3.63, 3.8) is 0 Å². The lowest BCUT2D eigenvalue weighted by molar-refractivity contribution is 0.284. The zero-order chi connectivity index (χ0) is 22.2. The maximum absolute atomic E-state index is 5.92. The summed E-state index contributed by atoms with van der Waals surface area (Å²) in [6.45, 7) is 19.4. The second-order valence-corrected chi connectivity index (χ2v) is 8.72. The highest BCUT2D eigenvalue weighted by Gasteiger charge is 2.15. The number of hydrogen-bond donors (Lipinski definition) is 0. The third-order valence-corrected chi connectivity index (χ3v) is 5.77. The number of nitrogens with zero attached hydrogens (tertiary/aromatic N) is 1. The molecule has 0 unspecified atom stereocenters. The van der Waals surface area contributed by atoms with Crippen molar-refractivity contribution in [1.29, 1.82) is 0 Å². The molecule has 0 fully saturated rings. The summed E-state index contributed by atoms with van der Waals surface area (Å²) in [6, 6.07) is 8.42. The van der Waals surface area contributed by atoms with Gasteiger partial charge in [-0.3, -0.25) is 0 Å². The van der Waals surface area contributed by atoms with Crippen molar-refractivity contribution in [2.45, 2.75) is 73.1 Å². The Morgan fingerprint density at radius 1 is 1.03 bits per heavy atom. The lowest BCUT2D eigenvalue weighted by atomic mass is 9.84.